The summed E-state index contributed by atoms with van der Waals surface area (Å²) in [7, 11) is 1.46. The number of carbonyl (C=O) groups is 2. The quantitative estimate of drug-likeness (QED) is 0.631. The van der Waals surface area contributed by atoms with E-state index in [4.69, 9.17) is 20.8 Å². The smallest absolute Gasteiger partial charge is 0.274 e. The van der Waals surface area contributed by atoms with Crippen molar-refractivity contribution in [3.63, 3.8) is 0 Å². The van der Waals surface area contributed by atoms with Crippen LogP contribution in [-0.4, -0.2) is 28.7 Å². The first-order chi connectivity index (χ1) is 13.5. The van der Waals surface area contributed by atoms with Crippen LogP contribution >= 0.6 is 11.6 Å². The van der Waals surface area contributed by atoms with Crippen LogP contribution in [0.2, 0.25) is 5.02 Å². The monoisotopic (exact) mass is 402 g/mol. The van der Waals surface area contributed by atoms with Crippen molar-refractivity contribution in [2.24, 2.45) is 0 Å². The van der Waals surface area contributed by atoms with Crippen LogP contribution in [0.3, 0.4) is 0 Å². The molecule has 0 unspecified atom stereocenters. The van der Waals surface area contributed by atoms with Crippen LogP contribution in [0.25, 0.3) is 0 Å². The predicted octanol–water partition coefficient (Wildman–Crippen LogP) is 3.34. The Bertz CT molecular complexity index is 982. The number of nitrogens with one attached hydrogen (secondary N) is 2. The minimum Gasteiger partial charge on any atom is -0.496 e. The molecule has 0 radical (unpaired) electrons. The molecule has 0 saturated heterocycles. The van der Waals surface area contributed by atoms with Gasteiger partial charge in [0.25, 0.3) is 11.8 Å². The molecule has 0 bridgehead atoms. The Morgan fingerprint density at radius 1 is 1.29 bits per heavy atom. The fraction of sp³-hybridized carbons (Fsp3) is 0.211. The first-order valence-corrected chi connectivity index (χ1v) is 8.92. The molecule has 0 atom stereocenters. The Labute approximate surface area is 166 Å². The average molecular weight is 403 g/mol. The van der Waals surface area contributed by atoms with Gasteiger partial charge >= 0.3 is 0 Å². The van der Waals surface area contributed by atoms with Crippen LogP contribution < -0.4 is 15.4 Å². The molecule has 2 N–H and O–H groups in total. The molecule has 0 saturated carbocycles. The maximum Gasteiger partial charge on any atom is 0.274 e. The Kier molecular flexibility index (Phi) is 6.00. The summed E-state index contributed by atoms with van der Waals surface area (Å²) in [5.41, 5.74) is 0.634. The third-order valence-corrected chi connectivity index (χ3v) is 4.19. The molecule has 3 rings (SSSR count). The van der Waals surface area contributed by atoms with Crippen molar-refractivity contribution < 1.29 is 18.7 Å². The molecule has 0 spiro atoms. The molecule has 0 fully saturated rings. The Hall–Kier alpha value is -3.26. The predicted molar refractivity (Wildman–Crippen MR) is 104 cm³/mol. The molecule has 1 aromatic carbocycles. The summed E-state index contributed by atoms with van der Waals surface area (Å²) in [5.74, 6) is 0.0816. The molecular weight excluding hydrogens is 384 g/mol. The molecule has 8 nitrogen and oxygen atoms in total. The van der Waals surface area contributed by atoms with Crippen LogP contribution in [0.4, 0.5) is 5.69 Å². The van der Waals surface area contributed by atoms with Gasteiger partial charge in [-0.05, 0) is 37.3 Å². The number of amides is 2. The molecule has 0 aliphatic rings. The minimum atomic E-state index is -0.463. The number of furan rings is 1. The van der Waals surface area contributed by atoms with Gasteiger partial charge in [-0.15, -0.1) is 0 Å². The number of rotatable bonds is 7. The zero-order chi connectivity index (χ0) is 20.1. The number of hydrogen-bond donors (Lipinski definition) is 2. The highest BCUT2D eigenvalue weighted by Crippen LogP contribution is 2.24. The van der Waals surface area contributed by atoms with Gasteiger partial charge in [0.2, 0.25) is 0 Å². The van der Waals surface area contributed by atoms with Crippen LogP contribution in [0.5, 0.6) is 5.75 Å². The number of anilines is 1. The number of halogens is 1. The van der Waals surface area contributed by atoms with Crippen molar-refractivity contribution in [3.05, 3.63) is 64.8 Å². The first-order valence-electron chi connectivity index (χ1n) is 8.54. The van der Waals surface area contributed by atoms with Gasteiger partial charge in [-0.1, -0.05) is 11.6 Å². The van der Waals surface area contributed by atoms with Gasteiger partial charge < -0.3 is 19.8 Å². The third-order valence-electron chi connectivity index (χ3n) is 3.96. The largest absolute Gasteiger partial charge is 0.496 e. The molecule has 2 aromatic heterocycles. The fourth-order valence-corrected chi connectivity index (χ4v) is 2.73. The number of carbonyl (C=O) groups excluding carboxylic acids is 2. The van der Waals surface area contributed by atoms with Gasteiger partial charge in [-0.3, -0.25) is 14.3 Å². The lowest BCUT2D eigenvalue weighted by Gasteiger charge is -2.09. The van der Waals surface area contributed by atoms with Gasteiger partial charge in [-0.25, -0.2) is 0 Å². The summed E-state index contributed by atoms with van der Waals surface area (Å²) in [6.07, 6.45) is 3.12. The second kappa shape index (κ2) is 8.62. The van der Waals surface area contributed by atoms with Gasteiger partial charge in [0.05, 0.1) is 31.2 Å². The summed E-state index contributed by atoms with van der Waals surface area (Å²) < 4.78 is 12.0. The van der Waals surface area contributed by atoms with E-state index in [0.717, 1.165) is 0 Å². The maximum atomic E-state index is 12.7. The SMILES string of the molecule is CCn1cc(NC(=O)c2cc(Cl)ccc2OC)c(C(=O)NCc2ccco2)n1. The van der Waals surface area contributed by atoms with E-state index in [2.05, 4.69) is 15.7 Å². The Balaban J connectivity index is 1.81. The second-order valence-electron chi connectivity index (χ2n) is 5.81. The summed E-state index contributed by atoms with van der Waals surface area (Å²) in [4.78, 5) is 25.3. The van der Waals surface area contributed by atoms with E-state index in [0.29, 0.717) is 23.1 Å². The average Bonchev–Trinajstić information content (AvgIpc) is 3.35. The van der Waals surface area contributed by atoms with E-state index in [1.54, 1.807) is 35.1 Å². The standard InChI is InChI=1S/C19H19ClN4O4/c1-3-24-11-15(17(23-24)19(26)21-10-13-5-4-8-28-13)22-18(25)14-9-12(20)6-7-16(14)27-2/h4-9,11H,3,10H2,1-2H3,(H,21,26)(H,22,25). The lowest BCUT2D eigenvalue weighted by molar-refractivity contribution is 0.0943. The molecule has 146 valence electrons. The number of aromatic nitrogens is 2. The highest BCUT2D eigenvalue weighted by atomic mass is 35.5. The van der Waals surface area contributed by atoms with E-state index in [-0.39, 0.29) is 23.5 Å². The molecule has 2 heterocycles. The third kappa shape index (κ3) is 4.34. The molecule has 2 amide bonds. The zero-order valence-electron chi connectivity index (χ0n) is 15.4. The van der Waals surface area contributed by atoms with Crippen molar-refractivity contribution in [3.8, 4) is 5.75 Å². The Morgan fingerprint density at radius 3 is 2.79 bits per heavy atom. The number of methoxy groups -OCH3 is 1. The van der Waals surface area contributed by atoms with Crippen molar-refractivity contribution >= 4 is 29.1 Å². The van der Waals surface area contributed by atoms with Gasteiger partial charge in [0, 0.05) is 17.8 Å². The Morgan fingerprint density at radius 2 is 2.11 bits per heavy atom. The summed E-state index contributed by atoms with van der Waals surface area (Å²) in [6, 6.07) is 8.20. The highest BCUT2D eigenvalue weighted by molar-refractivity contribution is 6.31. The topological polar surface area (TPSA) is 98.4 Å². The fourth-order valence-electron chi connectivity index (χ4n) is 2.55. The second-order valence-corrected chi connectivity index (χ2v) is 6.24. The van der Waals surface area contributed by atoms with Crippen molar-refractivity contribution in [1.29, 1.82) is 0 Å². The molecule has 0 aliphatic heterocycles. The minimum absolute atomic E-state index is 0.0998. The number of nitrogens with zero attached hydrogens (tertiary/aromatic N) is 2. The summed E-state index contributed by atoms with van der Waals surface area (Å²) >= 11 is 5.99. The van der Waals surface area contributed by atoms with Gasteiger partial charge in [-0.2, -0.15) is 5.10 Å². The van der Waals surface area contributed by atoms with Crippen molar-refractivity contribution in [2.45, 2.75) is 20.0 Å². The molecule has 0 aliphatic carbocycles. The molecule has 3 aromatic rings. The molecule has 9 heteroatoms. The van der Waals surface area contributed by atoms with E-state index in [9.17, 15) is 9.59 Å². The first kappa shape index (κ1) is 19.5. The lowest BCUT2D eigenvalue weighted by Crippen LogP contribution is -2.25. The summed E-state index contributed by atoms with van der Waals surface area (Å²) in [6.45, 7) is 2.62. The molecular formula is C19H19ClN4O4. The van der Waals surface area contributed by atoms with Crippen molar-refractivity contribution in [2.75, 3.05) is 12.4 Å². The van der Waals surface area contributed by atoms with E-state index in [1.807, 2.05) is 6.92 Å². The zero-order valence-corrected chi connectivity index (χ0v) is 16.1. The molecule has 28 heavy (non-hydrogen) atoms. The van der Waals surface area contributed by atoms with Crippen LogP contribution in [0.1, 0.15) is 33.5 Å². The summed E-state index contributed by atoms with van der Waals surface area (Å²) in [5, 5.41) is 10.1. The van der Waals surface area contributed by atoms with E-state index >= 15 is 0 Å². The number of ether oxygens (including phenoxy) is 1. The number of aryl methyl sites for hydroxylation is 1. The van der Waals surface area contributed by atoms with Gasteiger partial charge in [0.1, 0.15) is 11.5 Å². The van der Waals surface area contributed by atoms with Gasteiger partial charge in [0.15, 0.2) is 5.69 Å². The van der Waals surface area contributed by atoms with Crippen molar-refractivity contribution in [1.82, 2.24) is 15.1 Å². The van der Waals surface area contributed by atoms with Crippen LogP contribution in [0.15, 0.2) is 47.2 Å². The number of hydrogen-bond acceptors (Lipinski definition) is 5. The maximum absolute atomic E-state index is 12.7. The number of benzene rings is 1. The van der Waals surface area contributed by atoms with E-state index in [1.165, 1.54) is 19.4 Å². The highest BCUT2D eigenvalue weighted by Gasteiger charge is 2.21. The van der Waals surface area contributed by atoms with Crippen LogP contribution in [0, 0.1) is 0 Å². The van der Waals surface area contributed by atoms with Crippen LogP contribution in [-0.2, 0) is 13.1 Å². The normalized spacial score (nSPS) is 10.5. The van der Waals surface area contributed by atoms with E-state index < -0.39 is 11.8 Å². The lowest BCUT2D eigenvalue weighted by atomic mass is 10.2.